The van der Waals surface area contributed by atoms with Crippen LogP contribution in [-0.4, -0.2) is 36.6 Å². The second-order valence-corrected chi connectivity index (χ2v) is 8.08. The predicted octanol–water partition coefficient (Wildman–Crippen LogP) is 4.14. The van der Waals surface area contributed by atoms with Gasteiger partial charge in [0.2, 0.25) is 0 Å². The average Bonchev–Trinajstić information content (AvgIpc) is 3.25. The van der Waals surface area contributed by atoms with Gasteiger partial charge in [-0.3, -0.25) is 9.59 Å². The number of amides is 2. The summed E-state index contributed by atoms with van der Waals surface area (Å²) in [5, 5.41) is 6.61. The third kappa shape index (κ3) is 5.81. The lowest BCUT2D eigenvalue weighted by Gasteiger charge is -2.12. The molecule has 0 bridgehead atoms. The lowest BCUT2D eigenvalue weighted by Crippen LogP contribution is -2.28. The molecule has 2 amide bonds. The lowest BCUT2D eigenvalue weighted by molar-refractivity contribution is -0.123. The van der Waals surface area contributed by atoms with Crippen LogP contribution in [-0.2, 0) is 17.9 Å². The minimum Gasteiger partial charge on any atom is -0.493 e. The van der Waals surface area contributed by atoms with Crippen molar-refractivity contribution in [1.82, 2.24) is 15.2 Å². The van der Waals surface area contributed by atoms with E-state index in [-0.39, 0.29) is 18.4 Å². The minimum atomic E-state index is -0.197. The number of carbonyl (C=O) groups is 2. The fourth-order valence-electron chi connectivity index (χ4n) is 3.95. The van der Waals surface area contributed by atoms with Crippen LogP contribution in [0, 0.1) is 0 Å². The highest BCUT2D eigenvalue weighted by Gasteiger charge is 2.15. The summed E-state index contributed by atoms with van der Waals surface area (Å²) in [5.74, 6) is 0.624. The number of aromatic nitrogens is 1. The number of fused-ring (bicyclic) bond motifs is 1. The predicted molar refractivity (Wildman–Crippen MR) is 136 cm³/mol. The molecular formula is C28H29N3O4. The number of hydrogen-bond donors (Lipinski definition) is 2. The fraction of sp³-hybridized carbons (Fsp3) is 0.214. The molecule has 4 aromatic rings. The maximum atomic E-state index is 13.1. The lowest BCUT2D eigenvalue weighted by atomic mass is 10.1. The number of benzene rings is 3. The van der Waals surface area contributed by atoms with Crippen molar-refractivity contribution in [3.05, 3.63) is 95.7 Å². The molecule has 0 saturated carbocycles. The molecule has 0 aliphatic carbocycles. The Balaban J connectivity index is 1.46. The van der Waals surface area contributed by atoms with E-state index in [2.05, 4.69) is 27.3 Å². The van der Waals surface area contributed by atoms with E-state index in [1.807, 2.05) is 61.7 Å². The van der Waals surface area contributed by atoms with Crippen molar-refractivity contribution >= 4 is 22.7 Å². The Bertz CT molecular complexity index is 1310. The van der Waals surface area contributed by atoms with Gasteiger partial charge in [-0.15, -0.1) is 0 Å². The topological polar surface area (TPSA) is 81.6 Å². The molecule has 2 N–H and O–H groups in total. The number of carbonyl (C=O) groups excluding carboxylic acids is 2. The summed E-state index contributed by atoms with van der Waals surface area (Å²) >= 11 is 0. The Morgan fingerprint density at radius 1 is 0.886 bits per heavy atom. The molecule has 0 aliphatic heterocycles. The van der Waals surface area contributed by atoms with Crippen LogP contribution < -0.4 is 20.1 Å². The number of likely N-dealkylation sites (N-methyl/N-ethyl adjacent to an activating group) is 1. The van der Waals surface area contributed by atoms with E-state index in [1.165, 1.54) is 12.7 Å². The van der Waals surface area contributed by atoms with Gasteiger partial charge < -0.3 is 24.7 Å². The van der Waals surface area contributed by atoms with Gasteiger partial charge in [0, 0.05) is 36.7 Å². The highest BCUT2D eigenvalue weighted by atomic mass is 16.5. The van der Waals surface area contributed by atoms with E-state index < -0.39 is 0 Å². The van der Waals surface area contributed by atoms with Gasteiger partial charge in [-0.1, -0.05) is 54.6 Å². The summed E-state index contributed by atoms with van der Waals surface area (Å²) in [6.07, 6.45) is 1.91. The Morgan fingerprint density at radius 3 is 2.43 bits per heavy atom. The first kappa shape index (κ1) is 23.9. The van der Waals surface area contributed by atoms with Crippen molar-refractivity contribution < 1.29 is 19.1 Å². The Hall–Kier alpha value is -4.26. The number of hydrogen-bond acceptors (Lipinski definition) is 4. The molecular weight excluding hydrogens is 442 g/mol. The second kappa shape index (κ2) is 11.2. The zero-order valence-corrected chi connectivity index (χ0v) is 19.9. The van der Waals surface area contributed by atoms with E-state index in [9.17, 15) is 9.59 Å². The molecule has 0 saturated heterocycles. The monoisotopic (exact) mass is 471 g/mol. The highest BCUT2D eigenvalue weighted by molar-refractivity contribution is 6.07. The van der Waals surface area contributed by atoms with E-state index in [0.29, 0.717) is 36.7 Å². The van der Waals surface area contributed by atoms with Crippen LogP contribution in [0.5, 0.6) is 11.5 Å². The van der Waals surface area contributed by atoms with Gasteiger partial charge in [0.25, 0.3) is 11.8 Å². The largest absolute Gasteiger partial charge is 0.493 e. The highest BCUT2D eigenvalue weighted by Crippen LogP contribution is 2.28. The number of para-hydroxylation sites is 1. The SMILES string of the molecule is CCNC(=O)COc1ccc(CNC(=O)c2cn(Cc3ccccc3)c3ccccc23)cc1OC. The van der Waals surface area contributed by atoms with Crippen LogP contribution in [0.1, 0.15) is 28.4 Å². The smallest absolute Gasteiger partial charge is 0.257 e. The van der Waals surface area contributed by atoms with Gasteiger partial charge in [0.15, 0.2) is 18.1 Å². The van der Waals surface area contributed by atoms with Gasteiger partial charge in [0.1, 0.15) is 0 Å². The summed E-state index contributed by atoms with van der Waals surface area (Å²) in [5.41, 5.74) is 3.66. The second-order valence-electron chi connectivity index (χ2n) is 8.08. The molecule has 0 radical (unpaired) electrons. The van der Waals surface area contributed by atoms with E-state index in [1.54, 1.807) is 12.1 Å². The van der Waals surface area contributed by atoms with E-state index >= 15 is 0 Å². The van der Waals surface area contributed by atoms with Crippen LogP contribution in [0.15, 0.2) is 79.0 Å². The van der Waals surface area contributed by atoms with Gasteiger partial charge in [0.05, 0.1) is 12.7 Å². The van der Waals surface area contributed by atoms with Crippen molar-refractivity contribution in [1.29, 1.82) is 0 Å². The molecule has 0 atom stereocenters. The first-order valence-corrected chi connectivity index (χ1v) is 11.6. The summed E-state index contributed by atoms with van der Waals surface area (Å²) < 4.78 is 13.1. The van der Waals surface area contributed by atoms with Crippen LogP contribution in [0.4, 0.5) is 0 Å². The third-order valence-electron chi connectivity index (χ3n) is 5.64. The molecule has 35 heavy (non-hydrogen) atoms. The molecule has 180 valence electrons. The number of rotatable bonds is 10. The number of nitrogens with zero attached hydrogens (tertiary/aromatic N) is 1. The summed E-state index contributed by atoms with van der Waals surface area (Å²) in [6, 6.07) is 23.5. The Kier molecular flexibility index (Phi) is 7.67. The first-order valence-electron chi connectivity index (χ1n) is 11.6. The quantitative estimate of drug-likeness (QED) is 0.364. The minimum absolute atomic E-state index is 0.0900. The zero-order chi connectivity index (χ0) is 24.6. The molecule has 0 fully saturated rings. The van der Waals surface area contributed by atoms with Crippen molar-refractivity contribution in [2.45, 2.75) is 20.0 Å². The first-order chi connectivity index (χ1) is 17.1. The van der Waals surface area contributed by atoms with Gasteiger partial charge in [-0.05, 0) is 36.2 Å². The molecule has 7 nitrogen and oxygen atoms in total. The molecule has 1 heterocycles. The normalized spacial score (nSPS) is 10.7. The number of methoxy groups -OCH3 is 1. The van der Waals surface area contributed by atoms with E-state index in [4.69, 9.17) is 9.47 Å². The van der Waals surface area contributed by atoms with Crippen LogP contribution in [0.25, 0.3) is 10.9 Å². The third-order valence-corrected chi connectivity index (χ3v) is 5.64. The van der Waals surface area contributed by atoms with Crippen LogP contribution in [0.3, 0.4) is 0 Å². The van der Waals surface area contributed by atoms with Crippen molar-refractivity contribution in [2.24, 2.45) is 0 Å². The van der Waals surface area contributed by atoms with Crippen LogP contribution in [0.2, 0.25) is 0 Å². The van der Waals surface area contributed by atoms with Gasteiger partial charge in [-0.2, -0.15) is 0 Å². The molecule has 0 aliphatic rings. The number of nitrogens with one attached hydrogen (secondary N) is 2. The molecule has 1 aromatic heterocycles. The maximum Gasteiger partial charge on any atom is 0.257 e. The summed E-state index contributed by atoms with van der Waals surface area (Å²) in [6.45, 7) is 3.31. The zero-order valence-electron chi connectivity index (χ0n) is 19.9. The standard InChI is InChI=1S/C28H29N3O4/c1-3-29-27(32)19-35-25-14-13-21(15-26(25)34-2)16-30-28(33)23-18-31(17-20-9-5-4-6-10-20)24-12-8-7-11-22(23)24/h4-15,18H,3,16-17,19H2,1-2H3,(H,29,32)(H,30,33). The van der Waals surface area contributed by atoms with Crippen molar-refractivity contribution in [3.63, 3.8) is 0 Å². The maximum absolute atomic E-state index is 13.1. The summed E-state index contributed by atoms with van der Waals surface area (Å²) in [4.78, 5) is 24.8. The molecule has 7 heteroatoms. The molecule has 4 rings (SSSR count). The Morgan fingerprint density at radius 2 is 1.66 bits per heavy atom. The van der Waals surface area contributed by atoms with Gasteiger partial charge >= 0.3 is 0 Å². The Labute approximate surface area is 204 Å². The summed E-state index contributed by atoms with van der Waals surface area (Å²) in [7, 11) is 1.54. The fourth-order valence-corrected chi connectivity index (χ4v) is 3.95. The van der Waals surface area contributed by atoms with Crippen LogP contribution >= 0.6 is 0 Å². The average molecular weight is 472 g/mol. The molecule has 0 unspecified atom stereocenters. The van der Waals surface area contributed by atoms with Crippen molar-refractivity contribution in [2.75, 3.05) is 20.3 Å². The molecule has 3 aromatic carbocycles. The van der Waals surface area contributed by atoms with Gasteiger partial charge in [-0.25, -0.2) is 0 Å². The van der Waals surface area contributed by atoms with E-state index in [0.717, 1.165) is 16.5 Å². The molecule has 0 spiro atoms. The number of ether oxygens (including phenoxy) is 2. The van der Waals surface area contributed by atoms with Crippen molar-refractivity contribution in [3.8, 4) is 11.5 Å².